The SMILES string of the molecule is CC1C[C@@H]2CCC[C@H]2C1. The molecule has 0 N–H and O–H groups in total. The standard InChI is InChI=1S/C9H16/c1-7-5-8-3-2-4-9(8)6-7/h7-9H,2-6H2,1H3/t8-,9-/m0/s1. The second kappa shape index (κ2) is 2.00. The molecule has 2 atom stereocenters. The molecule has 2 rings (SSSR count). The van der Waals surface area contributed by atoms with Crippen LogP contribution in [0.1, 0.15) is 39.0 Å². The maximum Gasteiger partial charge on any atom is -0.0383 e. The summed E-state index contributed by atoms with van der Waals surface area (Å²) >= 11 is 0. The molecule has 0 aliphatic heterocycles. The first-order chi connectivity index (χ1) is 4.36. The molecule has 0 aromatic carbocycles. The van der Waals surface area contributed by atoms with Gasteiger partial charge in [0.2, 0.25) is 0 Å². The lowest BCUT2D eigenvalue weighted by Gasteiger charge is -2.04. The molecule has 0 unspecified atom stereocenters. The van der Waals surface area contributed by atoms with Crippen LogP contribution in [0.5, 0.6) is 0 Å². The average Bonchev–Trinajstić information content (AvgIpc) is 2.22. The van der Waals surface area contributed by atoms with Crippen LogP contribution >= 0.6 is 0 Å². The molecule has 0 heterocycles. The van der Waals surface area contributed by atoms with E-state index in [0.717, 1.165) is 17.8 Å². The van der Waals surface area contributed by atoms with Crippen LogP contribution in [0.3, 0.4) is 0 Å². The Bertz CT molecular complexity index is 94.6. The summed E-state index contributed by atoms with van der Waals surface area (Å²) in [6, 6.07) is 0. The molecule has 0 radical (unpaired) electrons. The van der Waals surface area contributed by atoms with E-state index in [1.807, 2.05) is 0 Å². The minimum absolute atomic E-state index is 1.06. The van der Waals surface area contributed by atoms with E-state index in [4.69, 9.17) is 0 Å². The van der Waals surface area contributed by atoms with Crippen LogP contribution < -0.4 is 0 Å². The van der Waals surface area contributed by atoms with E-state index in [1.165, 1.54) is 6.42 Å². The van der Waals surface area contributed by atoms with Gasteiger partial charge in [-0.2, -0.15) is 0 Å². The minimum Gasteiger partial charge on any atom is -0.0625 e. The number of hydrogen-bond acceptors (Lipinski definition) is 0. The van der Waals surface area contributed by atoms with Crippen molar-refractivity contribution in [1.82, 2.24) is 0 Å². The zero-order valence-electron chi connectivity index (χ0n) is 6.27. The van der Waals surface area contributed by atoms with Gasteiger partial charge in [0.25, 0.3) is 0 Å². The molecule has 0 aromatic heterocycles. The third-order valence-electron chi connectivity index (χ3n) is 3.23. The van der Waals surface area contributed by atoms with E-state index in [2.05, 4.69) is 6.92 Å². The summed E-state index contributed by atoms with van der Waals surface area (Å²) in [5, 5.41) is 0. The maximum absolute atomic E-state index is 2.42. The Hall–Kier alpha value is 0. The highest BCUT2D eigenvalue weighted by Gasteiger charge is 2.34. The number of rotatable bonds is 0. The summed E-state index contributed by atoms with van der Waals surface area (Å²) in [5.41, 5.74) is 0. The lowest BCUT2D eigenvalue weighted by atomic mass is 10.0. The summed E-state index contributed by atoms with van der Waals surface area (Å²) in [4.78, 5) is 0. The van der Waals surface area contributed by atoms with Crippen molar-refractivity contribution in [2.24, 2.45) is 17.8 Å². The van der Waals surface area contributed by atoms with Gasteiger partial charge in [-0.25, -0.2) is 0 Å². The van der Waals surface area contributed by atoms with Gasteiger partial charge in [0.15, 0.2) is 0 Å². The van der Waals surface area contributed by atoms with Crippen molar-refractivity contribution in [3.8, 4) is 0 Å². The summed E-state index contributed by atoms with van der Waals surface area (Å²) in [6.07, 6.45) is 7.72. The maximum atomic E-state index is 2.42. The normalized spacial score (nSPS) is 43.7. The smallest absolute Gasteiger partial charge is 0.0383 e. The van der Waals surface area contributed by atoms with E-state index < -0.39 is 0 Å². The van der Waals surface area contributed by atoms with Gasteiger partial charge in [-0.15, -0.1) is 0 Å². The topological polar surface area (TPSA) is 0 Å². The highest BCUT2D eigenvalue weighted by Crippen LogP contribution is 2.46. The minimum atomic E-state index is 1.06. The van der Waals surface area contributed by atoms with Crippen LogP contribution in [0.2, 0.25) is 0 Å². The van der Waals surface area contributed by atoms with Gasteiger partial charge in [0.1, 0.15) is 0 Å². The summed E-state index contributed by atoms with van der Waals surface area (Å²) in [7, 11) is 0. The summed E-state index contributed by atoms with van der Waals surface area (Å²) in [6.45, 7) is 2.42. The molecule has 0 saturated heterocycles. The molecule has 2 saturated carbocycles. The van der Waals surface area contributed by atoms with Crippen LogP contribution in [0.4, 0.5) is 0 Å². The van der Waals surface area contributed by atoms with Crippen molar-refractivity contribution < 1.29 is 0 Å². The zero-order chi connectivity index (χ0) is 6.27. The summed E-state index contributed by atoms with van der Waals surface area (Å²) < 4.78 is 0. The van der Waals surface area contributed by atoms with Crippen molar-refractivity contribution >= 4 is 0 Å². The lowest BCUT2D eigenvalue weighted by molar-refractivity contribution is 0.457. The van der Waals surface area contributed by atoms with Crippen molar-refractivity contribution in [3.05, 3.63) is 0 Å². The van der Waals surface area contributed by atoms with Crippen LogP contribution in [-0.4, -0.2) is 0 Å². The van der Waals surface area contributed by atoms with E-state index in [-0.39, 0.29) is 0 Å². The van der Waals surface area contributed by atoms with Gasteiger partial charge >= 0.3 is 0 Å². The predicted octanol–water partition coefficient (Wildman–Crippen LogP) is 2.83. The lowest BCUT2D eigenvalue weighted by Crippen LogP contribution is -1.95. The fourth-order valence-corrected chi connectivity index (χ4v) is 2.86. The molecule has 0 amide bonds. The summed E-state index contributed by atoms with van der Waals surface area (Å²) in [5.74, 6) is 3.36. The fourth-order valence-electron chi connectivity index (χ4n) is 2.86. The molecule has 2 aliphatic rings. The number of fused-ring (bicyclic) bond motifs is 1. The Balaban J connectivity index is 2.02. The fraction of sp³-hybridized carbons (Fsp3) is 1.00. The largest absolute Gasteiger partial charge is 0.0625 e. The highest BCUT2D eigenvalue weighted by molar-refractivity contribution is 4.85. The Morgan fingerprint density at radius 3 is 2.11 bits per heavy atom. The van der Waals surface area contributed by atoms with E-state index in [9.17, 15) is 0 Å². The monoisotopic (exact) mass is 124 g/mol. The van der Waals surface area contributed by atoms with Crippen molar-refractivity contribution in [1.29, 1.82) is 0 Å². The molecule has 0 heteroatoms. The molecular formula is C9H16. The molecule has 0 aromatic rings. The molecular weight excluding hydrogens is 108 g/mol. The van der Waals surface area contributed by atoms with Crippen LogP contribution in [0, 0.1) is 17.8 Å². The second-order valence-corrected chi connectivity index (χ2v) is 4.03. The van der Waals surface area contributed by atoms with Gasteiger partial charge in [-0.1, -0.05) is 26.2 Å². The second-order valence-electron chi connectivity index (χ2n) is 4.03. The third-order valence-corrected chi connectivity index (χ3v) is 3.23. The van der Waals surface area contributed by atoms with Gasteiger partial charge in [-0.05, 0) is 30.6 Å². The highest BCUT2D eigenvalue weighted by atomic mass is 14.4. The van der Waals surface area contributed by atoms with Crippen LogP contribution in [0.15, 0.2) is 0 Å². The average molecular weight is 124 g/mol. The zero-order valence-corrected chi connectivity index (χ0v) is 6.27. The Labute approximate surface area is 57.6 Å². The first-order valence-electron chi connectivity index (χ1n) is 4.36. The Morgan fingerprint density at radius 1 is 1.00 bits per heavy atom. The molecule has 52 valence electrons. The first-order valence-corrected chi connectivity index (χ1v) is 4.36. The molecule has 2 fully saturated rings. The predicted molar refractivity (Wildman–Crippen MR) is 39.2 cm³/mol. The number of hydrogen-bond donors (Lipinski definition) is 0. The van der Waals surface area contributed by atoms with Crippen molar-refractivity contribution in [3.63, 3.8) is 0 Å². The van der Waals surface area contributed by atoms with Crippen LogP contribution in [-0.2, 0) is 0 Å². The van der Waals surface area contributed by atoms with Gasteiger partial charge in [-0.3, -0.25) is 0 Å². The van der Waals surface area contributed by atoms with Gasteiger partial charge < -0.3 is 0 Å². The molecule has 0 nitrogen and oxygen atoms in total. The molecule has 0 spiro atoms. The van der Waals surface area contributed by atoms with Gasteiger partial charge in [0, 0.05) is 0 Å². The molecule has 0 bridgehead atoms. The quantitative estimate of drug-likeness (QED) is 0.466. The molecule has 2 aliphatic carbocycles. The van der Waals surface area contributed by atoms with E-state index >= 15 is 0 Å². The van der Waals surface area contributed by atoms with Crippen LogP contribution in [0.25, 0.3) is 0 Å². The van der Waals surface area contributed by atoms with E-state index in [0.29, 0.717) is 0 Å². The Morgan fingerprint density at radius 2 is 1.56 bits per heavy atom. The Kier molecular flexibility index (Phi) is 1.28. The first kappa shape index (κ1) is 5.76. The van der Waals surface area contributed by atoms with Crippen molar-refractivity contribution in [2.75, 3.05) is 0 Å². The third kappa shape index (κ3) is 0.889. The molecule has 9 heavy (non-hydrogen) atoms. The van der Waals surface area contributed by atoms with Crippen molar-refractivity contribution in [2.45, 2.75) is 39.0 Å². The van der Waals surface area contributed by atoms with E-state index in [1.54, 1.807) is 25.7 Å². The van der Waals surface area contributed by atoms with Gasteiger partial charge in [0.05, 0.1) is 0 Å².